The standard InChI is InChI=1S/C13H18FNO4S/c1-3-9(2)12(13(16)17)15-20(18,19)8-10-5-4-6-11(14)7-10/h4-7,9,12,15H,3,8H2,1-2H3,(H,16,17)/t9-,12-/m0/s1. The van der Waals surface area contributed by atoms with Crippen molar-refractivity contribution in [3.8, 4) is 0 Å². The number of hydrogen-bond acceptors (Lipinski definition) is 3. The van der Waals surface area contributed by atoms with Gasteiger partial charge in [-0.25, -0.2) is 17.5 Å². The maximum absolute atomic E-state index is 13.0. The van der Waals surface area contributed by atoms with Gasteiger partial charge in [-0.15, -0.1) is 0 Å². The second kappa shape index (κ2) is 6.81. The summed E-state index contributed by atoms with van der Waals surface area (Å²) in [5.41, 5.74) is 0.269. The van der Waals surface area contributed by atoms with E-state index in [-0.39, 0.29) is 11.5 Å². The fourth-order valence-corrected chi connectivity index (χ4v) is 3.15. The molecule has 1 aromatic carbocycles. The highest BCUT2D eigenvalue weighted by atomic mass is 32.2. The minimum Gasteiger partial charge on any atom is -0.480 e. The first kappa shape index (κ1) is 16.6. The SMILES string of the molecule is CC[C@H](C)[C@H](NS(=O)(=O)Cc1cccc(F)c1)C(=O)O. The number of hydrogen-bond donors (Lipinski definition) is 2. The first-order valence-corrected chi connectivity index (χ1v) is 7.87. The monoisotopic (exact) mass is 303 g/mol. The molecule has 20 heavy (non-hydrogen) atoms. The Hall–Kier alpha value is -1.47. The van der Waals surface area contributed by atoms with Gasteiger partial charge in [0, 0.05) is 0 Å². The second-order valence-corrected chi connectivity index (χ2v) is 6.46. The van der Waals surface area contributed by atoms with Crippen molar-refractivity contribution in [2.24, 2.45) is 5.92 Å². The van der Waals surface area contributed by atoms with Crippen LogP contribution in [0.1, 0.15) is 25.8 Å². The van der Waals surface area contributed by atoms with Crippen molar-refractivity contribution in [3.05, 3.63) is 35.6 Å². The van der Waals surface area contributed by atoms with Crippen molar-refractivity contribution < 1.29 is 22.7 Å². The average Bonchev–Trinajstić information content (AvgIpc) is 2.34. The van der Waals surface area contributed by atoms with Crippen molar-refractivity contribution in [3.63, 3.8) is 0 Å². The number of benzene rings is 1. The number of aliphatic carboxylic acids is 1. The average molecular weight is 303 g/mol. The Morgan fingerprint density at radius 2 is 2.10 bits per heavy atom. The molecule has 2 atom stereocenters. The van der Waals surface area contributed by atoms with Crippen LogP contribution < -0.4 is 4.72 Å². The third-order valence-corrected chi connectivity index (χ3v) is 4.36. The van der Waals surface area contributed by atoms with E-state index >= 15 is 0 Å². The molecule has 7 heteroatoms. The normalized spacial score (nSPS) is 14.8. The Morgan fingerprint density at radius 3 is 2.60 bits per heavy atom. The zero-order chi connectivity index (χ0) is 15.3. The van der Waals surface area contributed by atoms with Crippen LogP contribution in [0, 0.1) is 11.7 Å². The molecule has 0 aliphatic heterocycles. The predicted molar refractivity (Wildman–Crippen MR) is 73.0 cm³/mol. The van der Waals surface area contributed by atoms with Crippen LogP contribution in [0.3, 0.4) is 0 Å². The number of nitrogens with one attached hydrogen (secondary N) is 1. The number of carbonyl (C=O) groups is 1. The van der Waals surface area contributed by atoms with Gasteiger partial charge in [0.1, 0.15) is 11.9 Å². The summed E-state index contributed by atoms with van der Waals surface area (Å²) in [6.07, 6.45) is 0.527. The molecule has 0 fully saturated rings. The molecule has 112 valence electrons. The van der Waals surface area contributed by atoms with E-state index in [0.717, 1.165) is 6.07 Å². The van der Waals surface area contributed by atoms with Crippen LogP contribution >= 0.6 is 0 Å². The molecule has 1 rings (SSSR count). The highest BCUT2D eigenvalue weighted by molar-refractivity contribution is 7.88. The fourth-order valence-electron chi connectivity index (χ4n) is 1.73. The molecule has 0 unspecified atom stereocenters. The van der Waals surface area contributed by atoms with Crippen molar-refractivity contribution in [2.45, 2.75) is 32.1 Å². The van der Waals surface area contributed by atoms with Gasteiger partial charge in [0.2, 0.25) is 10.0 Å². The summed E-state index contributed by atoms with van der Waals surface area (Å²) in [7, 11) is -3.85. The van der Waals surface area contributed by atoms with Crippen LogP contribution in [-0.2, 0) is 20.6 Å². The Morgan fingerprint density at radius 1 is 1.45 bits per heavy atom. The first-order chi connectivity index (χ1) is 9.25. The summed E-state index contributed by atoms with van der Waals surface area (Å²) in [5, 5.41) is 9.06. The van der Waals surface area contributed by atoms with E-state index in [1.807, 2.05) is 0 Å². The maximum atomic E-state index is 13.0. The van der Waals surface area contributed by atoms with Gasteiger partial charge in [-0.3, -0.25) is 4.79 Å². The smallest absolute Gasteiger partial charge is 0.322 e. The second-order valence-electron chi connectivity index (χ2n) is 4.71. The van der Waals surface area contributed by atoms with Gasteiger partial charge in [-0.2, -0.15) is 0 Å². The first-order valence-electron chi connectivity index (χ1n) is 6.22. The summed E-state index contributed by atoms with van der Waals surface area (Å²) in [6, 6.07) is 4.02. The van der Waals surface area contributed by atoms with Gasteiger partial charge in [0.15, 0.2) is 0 Å². The summed E-state index contributed by atoms with van der Waals surface area (Å²) in [6.45, 7) is 3.44. The highest BCUT2D eigenvalue weighted by Gasteiger charge is 2.28. The third kappa shape index (κ3) is 4.90. The summed E-state index contributed by atoms with van der Waals surface area (Å²) < 4.78 is 39.1. The van der Waals surface area contributed by atoms with Crippen molar-refractivity contribution in [2.75, 3.05) is 0 Å². The third-order valence-electron chi connectivity index (χ3n) is 3.03. The van der Waals surface area contributed by atoms with Gasteiger partial charge in [-0.05, 0) is 23.6 Å². The van der Waals surface area contributed by atoms with E-state index < -0.39 is 33.6 Å². The maximum Gasteiger partial charge on any atom is 0.322 e. The molecule has 0 aliphatic carbocycles. The molecule has 5 nitrogen and oxygen atoms in total. The van der Waals surface area contributed by atoms with Crippen LogP contribution in [-0.4, -0.2) is 25.5 Å². The van der Waals surface area contributed by atoms with Crippen LogP contribution in [0.2, 0.25) is 0 Å². The van der Waals surface area contributed by atoms with Crippen molar-refractivity contribution >= 4 is 16.0 Å². The Bertz CT molecular complexity index is 573. The Kier molecular flexibility index (Phi) is 5.64. The lowest BCUT2D eigenvalue weighted by molar-refractivity contribution is -0.140. The van der Waals surface area contributed by atoms with E-state index in [4.69, 9.17) is 5.11 Å². The van der Waals surface area contributed by atoms with Gasteiger partial charge < -0.3 is 5.11 Å². The zero-order valence-corrected chi connectivity index (χ0v) is 12.2. The van der Waals surface area contributed by atoms with Crippen molar-refractivity contribution in [1.29, 1.82) is 0 Å². The van der Waals surface area contributed by atoms with Gasteiger partial charge in [0.05, 0.1) is 5.75 Å². The van der Waals surface area contributed by atoms with Crippen LogP contribution in [0.4, 0.5) is 4.39 Å². The van der Waals surface area contributed by atoms with Crippen molar-refractivity contribution in [1.82, 2.24) is 4.72 Å². The fraction of sp³-hybridized carbons (Fsp3) is 0.462. The predicted octanol–water partition coefficient (Wildman–Crippen LogP) is 1.74. The molecule has 1 aromatic rings. The van der Waals surface area contributed by atoms with Crippen LogP contribution in [0.15, 0.2) is 24.3 Å². The number of carboxylic acids is 1. The van der Waals surface area contributed by atoms with E-state index in [1.54, 1.807) is 13.8 Å². The molecule has 0 saturated carbocycles. The summed E-state index contributed by atoms with van der Waals surface area (Å²) in [5.74, 6) is -2.54. The van der Waals surface area contributed by atoms with Gasteiger partial charge in [-0.1, -0.05) is 32.4 Å². The summed E-state index contributed by atoms with van der Waals surface area (Å²) in [4.78, 5) is 11.1. The van der Waals surface area contributed by atoms with Gasteiger partial charge >= 0.3 is 5.97 Å². The van der Waals surface area contributed by atoms with E-state index in [1.165, 1.54) is 18.2 Å². The molecule has 0 heterocycles. The lowest BCUT2D eigenvalue weighted by Gasteiger charge is -2.20. The number of halogens is 1. The summed E-state index contributed by atoms with van der Waals surface area (Å²) >= 11 is 0. The lowest BCUT2D eigenvalue weighted by atomic mass is 10.0. The minimum absolute atomic E-state index is 0.269. The van der Waals surface area contributed by atoms with E-state index in [9.17, 15) is 17.6 Å². The molecule has 0 spiro atoms. The topological polar surface area (TPSA) is 83.5 Å². The number of carboxylic acid groups (broad SMARTS) is 1. The zero-order valence-electron chi connectivity index (χ0n) is 11.3. The molecule has 0 amide bonds. The van der Waals surface area contributed by atoms with E-state index in [2.05, 4.69) is 4.72 Å². The van der Waals surface area contributed by atoms with Crippen LogP contribution in [0.25, 0.3) is 0 Å². The quantitative estimate of drug-likeness (QED) is 0.803. The number of sulfonamides is 1. The van der Waals surface area contributed by atoms with E-state index in [0.29, 0.717) is 6.42 Å². The minimum atomic E-state index is -3.85. The lowest BCUT2D eigenvalue weighted by Crippen LogP contribution is -2.45. The molecule has 0 bridgehead atoms. The molecule has 0 saturated heterocycles. The molecule has 2 N–H and O–H groups in total. The Balaban J connectivity index is 2.85. The Labute approximate surface area is 117 Å². The van der Waals surface area contributed by atoms with Crippen LogP contribution in [0.5, 0.6) is 0 Å². The number of rotatable bonds is 7. The van der Waals surface area contributed by atoms with Gasteiger partial charge in [0.25, 0.3) is 0 Å². The molecular weight excluding hydrogens is 285 g/mol. The largest absolute Gasteiger partial charge is 0.480 e. The molecule has 0 aromatic heterocycles. The molecule has 0 radical (unpaired) electrons. The highest BCUT2D eigenvalue weighted by Crippen LogP contribution is 2.12. The molecular formula is C13H18FNO4S. The molecule has 0 aliphatic rings.